The Kier molecular flexibility index (Phi) is 6.70. The minimum absolute atomic E-state index is 0.0700. The molecule has 1 amide bonds. The maximum absolute atomic E-state index is 12.1. The van der Waals surface area contributed by atoms with Gasteiger partial charge in [0, 0.05) is 19.3 Å². The molecule has 0 radical (unpaired) electrons. The Morgan fingerprint density at radius 2 is 2.17 bits per heavy atom. The van der Waals surface area contributed by atoms with Gasteiger partial charge in [0.2, 0.25) is 11.7 Å². The summed E-state index contributed by atoms with van der Waals surface area (Å²) >= 11 is 0. The predicted octanol–water partition coefficient (Wildman–Crippen LogP) is 3.54. The summed E-state index contributed by atoms with van der Waals surface area (Å²) in [5.74, 6) is 8.49. The number of ether oxygens (including phenoxy) is 1. The molecule has 0 spiro atoms. The molecule has 3 aromatic rings. The van der Waals surface area contributed by atoms with Gasteiger partial charge in [0.25, 0.3) is 0 Å². The van der Waals surface area contributed by atoms with E-state index >= 15 is 0 Å². The average molecular weight is 533 g/mol. The van der Waals surface area contributed by atoms with Crippen LogP contribution in [0.25, 0.3) is 11.0 Å². The summed E-state index contributed by atoms with van der Waals surface area (Å²) < 4.78 is 6.18. The van der Waals surface area contributed by atoms with Crippen molar-refractivity contribution in [1.29, 1.82) is 0 Å². The molecule has 1 aromatic carbocycles. The van der Waals surface area contributed by atoms with Crippen LogP contribution < -0.4 is 10.1 Å². The van der Waals surface area contributed by atoms with Gasteiger partial charge in [-0.15, -0.1) is 0 Å². The van der Waals surface area contributed by atoms with Crippen molar-refractivity contribution in [2.45, 2.75) is 37.9 Å². The van der Waals surface area contributed by atoms with Crippen LogP contribution >= 0.6 is 0 Å². The Morgan fingerprint density at radius 1 is 1.27 bits per heavy atom. The number of benzene rings is 1. The molecule has 40 heavy (non-hydrogen) atoms. The van der Waals surface area contributed by atoms with Crippen LogP contribution in [-0.4, -0.2) is 73.7 Å². The number of amides is 1. The zero-order valence-electron chi connectivity index (χ0n) is 22.3. The van der Waals surface area contributed by atoms with Gasteiger partial charge in [-0.3, -0.25) is 9.79 Å². The van der Waals surface area contributed by atoms with E-state index in [2.05, 4.69) is 59.6 Å². The van der Waals surface area contributed by atoms with Gasteiger partial charge in [0.15, 0.2) is 5.82 Å². The van der Waals surface area contributed by atoms with E-state index in [-0.39, 0.29) is 24.0 Å². The lowest BCUT2D eigenvalue weighted by Crippen LogP contribution is -2.33. The molecule has 1 saturated heterocycles. The highest BCUT2D eigenvalue weighted by Gasteiger charge is 2.28. The van der Waals surface area contributed by atoms with Crippen molar-refractivity contribution in [3.05, 3.63) is 78.8 Å². The van der Waals surface area contributed by atoms with Gasteiger partial charge < -0.3 is 19.9 Å². The zero-order chi connectivity index (χ0) is 27.6. The molecule has 2 unspecified atom stereocenters. The normalized spacial score (nSPS) is 21.1. The topological polar surface area (TPSA) is 109 Å². The number of fused-ring (bicyclic) bond motifs is 2. The molecule has 3 aliphatic rings. The third-order valence-corrected chi connectivity index (χ3v) is 7.14. The highest BCUT2D eigenvalue weighted by molar-refractivity contribution is 5.88. The molecule has 1 aliphatic carbocycles. The Hall–Kier alpha value is -5.04. The van der Waals surface area contributed by atoms with Gasteiger partial charge >= 0.3 is 0 Å². The van der Waals surface area contributed by atoms with Crippen LogP contribution in [0.5, 0.6) is 5.75 Å². The second-order valence-electron chi connectivity index (χ2n) is 9.86. The first kappa shape index (κ1) is 25.2. The van der Waals surface area contributed by atoms with Crippen LogP contribution in [0.2, 0.25) is 0 Å². The number of likely N-dealkylation sites (tertiary alicyclic amines) is 1. The summed E-state index contributed by atoms with van der Waals surface area (Å²) in [5.41, 5.74) is 2.94. The Labute approximate surface area is 232 Å². The number of aromatic nitrogens is 4. The lowest BCUT2D eigenvalue weighted by molar-refractivity contribution is -0.125. The van der Waals surface area contributed by atoms with E-state index < -0.39 is 0 Å². The lowest BCUT2D eigenvalue weighted by atomic mass is 10.0. The maximum atomic E-state index is 12.1. The van der Waals surface area contributed by atoms with E-state index in [4.69, 9.17) is 4.74 Å². The standard InChI is InChI=1S/C30H28N8O2/c1-4-28(39)38-13-5-6-21(38)8-12-27-31-16-24-29(36-27)30(33-17-32-24)35-20-7-11-26(19(2)14-20)40-22-9-10-25-23(15-22)34-18-37(25)3/h4,7,9-11,14-18,21,23,25H,1,5-6,13H2,2-3H3,(H,32,33,35)/t21-,23?,25?/m1/s1. The molecule has 4 heterocycles. The summed E-state index contributed by atoms with van der Waals surface area (Å²) in [4.78, 5) is 38.1. The minimum Gasteiger partial charge on any atom is -0.457 e. The number of anilines is 2. The van der Waals surface area contributed by atoms with Crippen molar-refractivity contribution >= 4 is 34.8 Å². The summed E-state index contributed by atoms with van der Waals surface area (Å²) in [7, 11) is 2.02. The Bertz CT molecular complexity index is 1650. The van der Waals surface area contributed by atoms with Crippen LogP contribution in [-0.2, 0) is 4.79 Å². The van der Waals surface area contributed by atoms with Crippen molar-refractivity contribution in [3.63, 3.8) is 0 Å². The summed E-state index contributed by atoms with van der Waals surface area (Å²) in [6.07, 6.45) is 14.2. The SMILES string of the molecule is C=CC(=O)N1CCC[C@@H]1C#Cc1ncc2ncnc(Nc3ccc(OC4=CC5N=CN(C)C5C=C4)c(C)c3)c2n1. The highest BCUT2D eigenvalue weighted by atomic mass is 16.5. The van der Waals surface area contributed by atoms with E-state index in [0.29, 0.717) is 29.2 Å². The second-order valence-corrected chi connectivity index (χ2v) is 9.86. The number of allylic oxidation sites excluding steroid dienone is 1. The summed E-state index contributed by atoms with van der Waals surface area (Å²) in [6, 6.07) is 5.99. The van der Waals surface area contributed by atoms with Crippen LogP contribution in [0, 0.1) is 18.8 Å². The fourth-order valence-electron chi connectivity index (χ4n) is 5.02. The van der Waals surface area contributed by atoms with Crippen LogP contribution in [0.3, 0.4) is 0 Å². The van der Waals surface area contributed by atoms with Crippen molar-refractivity contribution in [1.82, 2.24) is 29.7 Å². The van der Waals surface area contributed by atoms with Gasteiger partial charge in [-0.2, -0.15) is 0 Å². The number of rotatable bonds is 5. The maximum Gasteiger partial charge on any atom is 0.246 e. The molecule has 2 aliphatic heterocycles. The van der Waals surface area contributed by atoms with Crippen LogP contribution in [0.1, 0.15) is 24.2 Å². The Balaban J connectivity index is 1.20. The minimum atomic E-state index is -0.174. The molecular weight excluding hydrogens is 504 g/mol. The third-order valence-electron chi connectivity index (χ3n) is 7.14. The van der Waals surface area contributed by atoms with Gasteiger partial charge in [-0.05, 0) is 67.7 Å². The number of likely N-dealkylation sites (N-methyl/N-ethyl adjacent to an activating group) is 1. The summed E-state index contributed by atoms with van der Waals surface area (Å²) in [5, 5.41) is 3.35. The van der Waals surface area contributed by atoms with Gasteiger partial charge in [-0.25, -0.2) is 19.9 Å². The third kappa shape index (κ3) is 5.01. The molecule has 1 N–H and O–H groups in total. The molecule has 10 nitrogen and oxygen atoms in total. The molecular formula is C30H28N8O2. The number of nitrogens with one attached hydrogen (secondary N) is 1. The molecule has 0 saturated carbocycles. The molecule has 0 bridgehead atoms. The van der Waals surface area contributed by atoms with E-state index in [1.54, 1.807) is 11.1 Å². The van der Waals surface area contributed by atoms with Gasteiger partial charge in [0.1, 0.15) is 28.9 Å². The lowest BCUT2D eigenvalue weighted by Gasteiger charge is -2.23. The Morgan fingerprint density at radius 3 is 3.02 bits per heavy atom. The van der Waals surface area contributed by atoms with Crippen molar-refractivity contribution < 1.29 is 9.53 Å². The average Bonchev–Trinajstić information content (AvgIpc) is 3.59. The monoisotopic (exact) mass is 532 g/mol. The largest absolute Gasteiger partial charge is 0.457 e. The molecule has 200 valence electrons. The molecule has 1 fully saturated rings. The quantitative estimate of drug-likeness (QED) is 0.393. The molecule has 6 rings (SSSR count). The van der Waals surface area contributed by atoms with Crippen LogP contribution in [0.15, 0.2) is 72.4 Å². The fourth-order valence-corrected chi connectivity index (χ4v) is 5.02. The predicted molar refractivity (Wildman–Crippen MR) is 153 cm³/mol. The van der Waals surface area contributed by atoms with Crippen molar-refractivity contribution in [2.24, 2.45) is 4.99 Å². The van der Waals surface area contributed by atoms with E-state index in [1.807, 2.05) is 50.7 Å². The zero-order valence-corrected chi connectivity index (χ0v) is 22.3. The first-order valence-corrected chi connectivity index (χ1v) is 13.1. The number of hydrogen-bond donors (Lipinski definition) is 1. The summed E-state index contributed by atoms with van der Waals surface area (Å²) in [6.45, 7) is 6.25. The first-order valence-electron chi connectivity index (χ1n) is 13.1. The van der Waals surface area contributed by atoms with E-state index in [9.17, 15) is 4.79 Å². The smallest absolute Gasteiger partial charge is 0.246 e. The molecule has 2 aromatic heterocycles. The number of carbonyl (C=O) groups excluding carboxylic acids is 1. The van der Waals surface area contributed by atoms with Crippen LogP contribution in [0.4, 0.5) is 11.5 Å². The molecule has 3 atom stereocenters. The number of hydrogen-bond acceptors (Lipinski definition) is 9. The number of carbonyl (C=O) groups is 1. The second kappa shape index (κ2) is 10.6. The first-order chi connectivity index (χ1) is 19.5. The fraction of sp³-hybridized carbons (Fsp3) is 0.267. The van der Waals surface area contributed by atoms with Crippen molar-refractivity contribution in [3.8, 4) is 17.6 Å². The van der Waals surface area contributed by atoms with E-state index in [1.165, 1.54) is 12.4 Å². The van der Waals surface area contributed by atoms with E-state index in [0.717, 1.165) is 35.6 Å². The van der Waals surface area contributed by atoms with Gasteiger partial charge in [0.05, 0.1) is 30.7 Å². The number of aryl methyl sites for hydroxylation is 1. The number of aliphatic imine (C=N–C) groups is 1. The van der Waals surface area contributed by atoms with Crippen molar-refractivity contribution in [2.75, 3.05) is 18.9 Å². The number of nitrogens with zero attached hydrogens (tertiary/aromatic N) is 7. The van der Waals surface area contributed by atoms with Gasteiger partial charge in [-0.1, -0.05) is 18.6 Å². The molecule has 10 heteroatoms. The highest BCUT2D eigenvalue weighted by Crippen LogP contribution is 2.29.